The van der Waals surface area contributed by atoms with E-state index in [0.717, 1.165) is 40.6 Å². The van der Waals surface area contributed by atoms with Crippen LogP contribution in [0.1, 0.15) is 37.8 Å². The highest BCUT2D eigenvalue weighted by molar-refractivity contribution is 5.99. The minimum atomic E-state index is -0.295. The Kier molecular flexibility index (Phi) is 3.96. The molecule has 126 valence electrons. The molecule has 0 saturated heterocycles. The molecule has 0 amide bonds. The van der Waals surface area contributed by atoms with E-state index < -0.39 is 0 Å². The van der Waals surface area contributed by atoms with Crippen molar-refractivity contribution >= 4 is 16.9 Å². The molecule has 0 N–H and O–H groups in total. The van der Waals surface area contributed by atoms with Gasteiger partial charge in [-0.2, -0.15) is 0 Å². The lowest BCUT2D eigenvalue weighted by Crippen LogP contribution is -2.10. The Morgan fingerprint density at radius 3 is 2.56 bits per heavy atom. The molecule has 3 aromatic rings. The SMILES string of the molecule is CCC(=O)Oc1c(C2CC2)nc2ccccc2c1-c1ccc(F)cc1. The number of esters is 1. The normalized spacial score (nSPS) is 13.8. The van der Waals surface area contributed by atoms with Crippen LogP contribution in [-0.2, 0) is 4.79 Å². The van der Waals surface area contributed by atoms with Gasteiger partial charge in [-0.1, -0.05) is 37.3 Å². The highest BCUT2D eigenvalue weighted by Gasteiger charge is 2.32. The van der Waals surface area contributed by atoms with Gasteiger partial charge in [0.05, 0.1) is 11.2 Å². The van der Waals surface area contributed by atoms with Gasteiger partial charge in [0.15, 0.2) is 5.75 Å². The number of carbonyl (C=O) groups excluding carboxylic acids is 1. The quantitative estimate of drug-likeness (QED) is 0.613. The lowest BCUT2D eigenvalue weighted by atomic mass is 9.97. The fraction of sp³-hybridized carbons (Fsp3) is 0.238. The summed E-state index contributed by atoms with van der Waals surface area (Å²) in [5.74, 6) is 0.266. The first-order valence-electron chi connectivity index (χ1n) is 8.56. The van der Waals surface area contributed by atoms with E-state index in [-0.39, 0.29) is 11.8 Å². The summed E-state index contributed by atoms with van der Waals surface area (Å²) in [7, 11) is 0. The van der Waals surface area contributed by atoms with E-state index in [0.29, 0.717) is 18.1 Å². The molecule has 0 bridgehead atoms. The average molecular weight is 335 g/mol. The zero-order chi connectivity index (χ0) is 17.4. The van der Waals surface area contributed by atoms with Gasteiger partial charge in [-0.15, -0.1) is 0 Å². The Morgan fingerprint density at radius 2 is 1.88 bits per heavy atom. The molecule has 25 heavy (non-hydrogen) atoms. The molecule has 1 saturated carbocycles. The van der Waals surface area contributed by atoms with E-state index in [4.69, 9.17) is 9.72 Å². The fourth-order valence-corrected chi connectivity index (χ4v) is 3.04. The summed E-state index contributed by atoms with van der Waals surface area (Å²) < 4.78 is 19.1. The van der Waals surface area contributed by atoms with Gasteiger partial charge in [0.25, 0.3) is 0 Å². The van der Waals surface area contributed by atoms with Crippen molar-refractivity contribution in [1.82, 2.24) is 4.98 Å². The number of hydrogen-bond acceptors (Lipinski definition) is 3. The van der Waals surface area contributed by atoms with Crippen LogP contribution in [0.2, 0.25) is 0 Å². The van der Waals surface area contributed by atoms with Crippen molar-refractivity contribution in [2.45, 2.75) is 32.1 Å². The molecule has 0 unspecified atom stereocenters. The summed E-state index contributed by atoms with van der Waals surface area (Å²) in [4.78, 5) is 16.8. The largest absolute Gasteiger partial charge is 0.424 e. The number of ether oxygens (including phenoxy) is 1. The molecule has 1 fully saturated rings. The molecule has 1 aliphatic rings. The van der Waals surface area contributed by atoms with Gasteiger partial charge in [-0.05, 0) is 36.6 Å². The second-order valence-corrected chi connectivity index (χ2v) is 6.33. The third-order valence-corrected chi connectivity index (χ3v) is 4.48. The summed E-state index contributed by atoms with van der Waals surface area (Å²) in [6, 6.07) is 14.1. The van der Waals surface area contributed by atoms with E-state index >= 15 is 0 Å². The van der Waals surface area contributed by atoms with Gasteiger partial charge in [0, 0.05) is 23.3 Å². The van der Waals surface area contributed by atoms with Gasteiger partial charge in [0.2, 0.25) is 0 Å². The molecular weight excluding hydrogens is 317 g/mol. The van der Waals surface area contributed by atoms with E-state index in [2.05, 4.69) is 0 Å². The predicted molar refractivity (Wildman–Crippen MR) is 95.0 cm³/mol. The molecule has 1 aromatic heterocycles. The standard InChI is InChI=1S/C21H18FNO2/c1-2-18(24)25-21-19(13-9-11-15(22)12-10-13)16-5-3-4-6-17(16)23-20(21)14-7-8-14/h3-6,9-12,14H,2,7-8H2,1H3. The third-order valence-electron chi connectivity index (χ3n) is 4.48. The minimum Gasteiger partial charge on any atom is -0.424 e. The molecule has 3 nitrogen and oxygen atoms in total. The number of carbonyl (C=O) groups is 1. The van der Waals surface area contributed by atoms with Gasteiger partial charge in [-0.25, -0.2) is 9.37 Å². The van der Waals surface area contributed by atoms with Crippen LogP contribution in [-0.4, -0.2) is 11.0 Å². The van der Waals surface area contributed by atoms with Crippen LogP contribution in [0.4, 0.5) is 4.39 Å². The van der Waals surface area contributed by atoms with Gasteiger partial charge in [0.1, 0.15) is 5.82 Å². The van der Waals surface area contributed by atoms with Gasteiger partial charge >= 0.3 is 5.97 Å². The topological polar surface area (TPSA) is 39.2 Å². The Morgan fingerprint density at radius 1 is 1.16 bits per heavy atom. The van der Waals surface area contributed by atoms with Crippen molar-refractivity contribution in [2.24, 2.45) is 0 Å². The number of nitrogens with zero attached hydrogens (tertiary/aromatic N) is 1. The molecule has 0 radical (unpaired) electrons. The predicted octanol–water partition coefficient (Wildman–Crippen LogP) is 5.23. The summed E-state index contributed by atoms with van der Waals surface area (Å²) >= 11 is 0. The average Bonchev–Trinajstić information content (AvgIpc) is 3.47. The van der Waals surface area contributed by atoms with Crippen LogP contribution >= 0.6 is 0 Å². The first kappa shape index (κ1) is 15.8. The molecule has 2 aromatic carbocycles. The minimum absolute atomic E-state index is 0.289. The molecule has 4 heteroatoms. The first-order valence-corrected chi connectivity index (χ1v) is 8.56. The van der Waals surface area contributed by atoms with Crippen molar-refractivity contribution in [3.05, 3.63) is 60.0 Å². The number of rotatable bonds is 4. The number of aromatic nitrogens is 1. The maximum Gasteiger partial charge on any atom is 0.310 e. The van der Waals surface area contributed by atoms with Crippen molar-refractivity contribution in [3.63, 3.8) is 0 Å². The highest BCUT2D eigenvalue weighted by atomic mass is 19.1. The van der Waals surface area contributed by atoms with Crippen LogP contribution in [0.5, 0.6) is 5.75 Å². The van der Waals surface area contributed by atoms with Crippen LogP contribution in [0, 0.1) is 5.82 Å². The number of pyridine rings is 1. The highest BCUT2D eigenvalue weighted by Crippen LogP contribution is 2.48. The van der Waals surface area contributed by atoms with Crippen LogP contribution in [0.15, 0.2) is 48.5 Å². The van der Waals surface area contributed by atoms with E-state index in [1.54, 1.807) is 19.1 Å². The second-order valence-electron chi connectivity index (χ2n) is 6.33. The first-order chi connectivity index (χ1) is 12.2. The van der Waals surface area contributed by atoms with Gasteiger partial charge in [-0.3, -0.25) is 4.79 Å². The van der Waals surface area contributed by atoms with Gasteiger partial charge < -0.3 is 4.74 Å². The zero-order valence-corrected chi connectivity index (χ0v) is 14.0. The van der Waals surface area contributed by atoms with Crippen LogP contribution in [0.25, 0.3) is 22.0 Å². The van der Waals surface area contributed by atoms with E-state index in [9.17, 15) is 9.18 Å². The van der Waals surface area contributed by atoms with Crippen molar-refractivity contribution in [2.75, 3.05) is 0 Å². The lowest BCUT2D eigenvalue weighted by molar-refractivity contribution is -0.134. The Bertz CT molecular complexity index is 946. The summed E-state index contributed by atoms with van der Waals surface area (Å²) in [6.45, 7) is 1.77. The number of fused-ring (bicyclic) bond motifs is 1. The number of para-hydroxylation sites is 1. The Hall–Kier alpha value is -2.75. The van der Waals surface area contributed by atoms with E-state index in [1.165, 1.54) is 12.1 Å². The molecule has 0 aliphatic heterocycles. The van der Waals surface area contributed by atoms with E-state index in [1.807, 2.05) is 24.3 Å². The maximum atomic E-state index is 13.4. The molecule has 4 rings (SSSR count). The summed E-state index contributed by atoms with van der Waals surface area (Å²) in [5.41, 5.74) is 3.33. The molecule has 1 heterocycles. The maximum absolute atomic E-state index is 13.4. The molecule has 0 atom stereocenters. The zero-order valence-electron chi connectivity index (χ0n) is 14.0. The molecule has 1 aliphatic carbocycles. The second kappa shape index (κ2) is 6.28. The fourth-order valence-electron chi connectivity index (χ4n) is 3.04. The number of benzene rings is 2. The van der Waals surface area contributed by atoms with Crippen molar-refractivity contribution in [3.8, 4) is 16.9 Å². The Labute approximate surface area is 145 Å². The molecular formula is C21H18FNO2. The van der Waals surface area contributed by atoms with Crippen molar-refractivity contribution in [1.29, 1.82) is 0 Å². The van der Waals surface area contributed by atoms with Crippen LogP contribution in [0.3, 0.4) is 0 Å². The molecule has 0 spiro atoms. The Balaban J connectivity index is 2.02. The number of hydrogen-bond donors (Lipinski definition) is 0. The lowest BCUT2D eigenvalue weighted by Gasteiger charge is -2.17. The smallest absolute Gasteiger partial charge is 0.310 e. The monoisotopic (exact) mass is 335 g/mol. The van der Waals surface area contributed by atoms with Crippen LogP contribution < -0.4 is 4.74 Å². The summed E-state index contributed by atoms with van der Waals surface area (Å²) in [5, 5.41) is 0.900. The number of halogens is 1. The summed E-state index contributed by atoms with van der Waals surface area (Å²) in [6.07, 6.45) is 2.38. The third kappa shape index (κ3) is 3.00. The van der Waals surface area contributed by atoms with Crippen molar-refractivity contribution < 1.29 is 13.9 Å².